The zero-order valence-electron chi connectivity index (χ0n) is 12.0. The Bertz CT molecular complexity index is 595. The predicted octanol–water partition coefficient (Wildman–Crippen LogP) is 2.53. The van der Waals surface area contributed by atoms with Crippen LogP contribution in [0.15, 0.2) is 23.1 Å². The topological polar surface area (TPSA) is 58.2 Å². The van der Waals surface area contributed by atoms with Crippen molar-refractivity contribution in [3.63, 3.8) is 0 Å². The Labute approximate surface area is 126 Å². The molecule has 0 unspecified atom stereocenters. The van der Waals surface area contributed by atoms with E-state index >= 15 is 0 Å². The highest BCUT2D eigenvalue weighted by Gasteiger charge is 2.40. The fourth-order valence-corrected chi connectivity index (χ4v) is 4.13. The quantitative estimate of drug-likeness (QED) is 0.848. The molecule has 0 amide bonds. The molecular weight excluding hydrogens is 296 g/mol. The monoisotopic (exact) mass is 316 g/mol. The van der Waals surface area contributed by atoms with Crippen molar-refractivity contribution in [2.45, 2.75) is 43.7 Å². The van der Waals surface area contributed by atoms with E-state index < -0.39 is 15.6 Å². The maximum absolute atomic E-state index is 12.4. The van der Waals surface area contributed by atoms with Gasteiger partial charge in [0.2, 0.25) is 10.0 Å². The van der Waals surface area contributed by atoms with Gasteiger partial charge in [0.25, 0.3) is 0 Å². The predicted molar refractivity (Wildman–Crippen MR) is 81.3 cm³/mol. The Morgan fingerprint density at radius 3 is 2.50 bits per heavy atom. The average molecular weight is 317 g/mol. The van der Waals surface area contributed by atoms with E-state index in [2.05, 4.69) is 10.0 Å². The first-order valence-electron chi connectivity index (χ1n) is 6.73. The molecule has 0 saturated heterocycles. The van der Waals surface area contributed by atoms with E-state index in [0.29, 0.717) is 17.5 Å². The van der Waals surface area contributed by atoms with Gasteiger partial charge in [-0.25, -0.2) is 13.1 Å². The minimum absolute atomic E-state index is 0.219. The Balaban J connectivity index is 2.23. The van der Waals surface area contributed by atoms with Gasteiger partial charge in [-0.15, -0.1) is 0 Å². The largest absolute Gasteiger partial charge is 0.316 e. The van der Waals surface area contributed by atoms with Gasteiger partial charge in [0.15, 0.2) is 0 Å². The lowest BCUT2D eigenvalue weighted by Gasteiger charge is -2.25. The molecule has 0 heterocycles. The van der Waals surface area contributed by atoms with Crippen LogP contribution in [0, 0.1) is 5.92 Å². The van der Waals surface area contributed by atoms with Gasteiger partial charge in [0.1, 0.15) is 0 Å². The minimum Gasteiger partial charge on any atom is -0.316 e. The second-order valence-corrected chi connectivity index (χ2v) is 7.97. The third-order valence-electron chi connectivity index (χ3n) is 3.70. The van der Waals surface area contributed by atoms with Crippen molar-refractivity contribution in [1.82, 2.24) is 10.0 Å². The van der Waals surface area contributed by atoms with E-state index in [9.17, 15) is 8.42 Å². The van der Waals surface area contributed by atoms with Crippen molar-refractivity contribution in [2.75, 3.05) is 7.05 Å². The maximum atomic E-state index is 12.4. The molecule has 1 aromatic rings. The summed E-state index contributed by atoms with van der Waals surface area (Å²) in [6, 6.07) is 4.86. The highest BCUT2D eigenvalue weighted by Crippen LogP contribution is 2.40. The smallest absolute Gasteiger partial charge is 0.241 e. The molecule has 4 nitrogen and oxygen atoms in total. The standard InChI is InChI=1S/C14H21ClN2O2S/c1-14(2,11-5-6-11)17-20(18,19)12-7-4-10(9-16-3)13(15)8-12/h4,7-8,11,16-17H,5-6,9H2,1-3H3. The molecule has 0 spiro atoms. The van der Waals surface area contributed by atoms with Crippen LogP contribution in [0.4, 0.5) is 0 Å². The van der Waals surface area contributed by atoms with Gasteiger partial charge in [-0.05, 0) is 57.4 Å². The van der Waals surface area contributed by atoms with Crippen molar-refractivity contribution >= 4 is 21.6 Å². The molecular formula is C14H21ClN2O2S. The Morgan fingerprint density at radius 1 is 1.35 bits per heavy atom. The molecule has 20 heavy (non-hydrogen) atoms. The van der Waals surface area contributed by atoms with Crippen LogP contribution in [0.2, 0.25) is 5.02 Å². The fraction of sp³-hybridized carbons (Fsp3) is 0.571. The van der Waals surface area contributed by atoms with Crippen LogP contribution in [0.3, 0.4) is 0 Å². The molecule has 0 bridgehead atoms. The summed E-state index contributed by atoms with van der Waals surface area (Å²) in [5.41, 5.74) is 0.476. The van der Waals surface area contributed by atoms with E-state index in [-0.39, 0.29) is 4.90 Å². The minimum atomic E-state index is -3.53. The number of halogens is 1. The molecule has 112 valence electrons. The lowest BCUT2D eigenvalue weighted by molar-refractivity contribution is 0.400. The van der Waals surface area contributed by atoms with Gasteiger partial charge in [0, 0.05) is 17.1 Å². The second kappa shape index (κ2) is 5.64. The molecule has 2 rings (SSSR count). The van der Waals surface area contributed by atoms with Crippen LogP contribution in [0.5, 0.6) is 0 Å². The van der Waals surface area contributed by atoms with Gasteiger partial charge in [-0.1, -0.05) is 17.7 Å². The molecule has 1 aromatic carbocycles. The van der Waals surface area contributed by atoms with E-state index in [1.54, 1.807) is 12.1 Å². The van der Waals surface area contributed by atoms with Crippen molar-refractivity contribution < 1.29 is 8.42 Å². The Hall–Kier alpha value is -0.620. The van der Waals surface area contributed by atoms with Gasteiger partial charge in [-0.2, -0.15) is 0 Å². The number of hydrogen-bond donors (Lipinski definition) is 2. The molecule has 1 saturated carbocycles. The number of hydrogen-bond acceptors (Lipinski definition) is 3. The van der Waals surface area contributed by atoms with Crippen LogP contribution >= 0.6 is 11.6 Å². The normalized spacial score (nSPS) is 16.4. The van der Waals surface area contributed by atoms with E-state index in [4.69, 9.17) is 11.6 Å². The summed E-state index contributed by atoms with van der Waals surface area (Å²) in [6.45, 7) is 4.47. The molecule has 6 heteroatoms. The van der Waals surface area contributed by atoms with Gasteiger partial charge in [0.05, 0.1) is 4.90 Å². The van der Waals surface area contributed by atoms with Crippen LogP contribution in [-0.4, -0.2) is 21.0 Å². The molecule has 2 N–H and O–H groups in total. The molecule has 0 aromatic heterocycles. The first-order chi connectivity index (χ1) is 9.26. The summed E-state index contributed by atoms with van der Waals surface area (Å²) in [5.74, 6) is 0.427. The van der Waals surface area contributed by atoms with Crippen molar-refractivity contribution in [3.8, 4) is 0 Å². The van der Waals surface area contributed by atoms with Gasteiger partial charge >= 0.3 is 0 Å². The molecule has 1 aliphatic carbocycles. The second-order valence-electron chi connectivity index (χ2n) is 5.89. The van der Waals surface area contributed by atoms with Crippen LogP contribution < -0.4 is 10.0 Å². The first-order valence-corrected chi connectivity index (χ1v) is 8.59. The van der Waals surface area contributed by atoms with Gasteiger partial charge < -0.3 is 5.32 Å². The first kappa shape index (κ1) is 15.8. The number of benzene rings is 1. The molecule has 1 aliphatic rings. The lowest BCUT2D eigenvalue weighted by Crippen LogP contribution is -2.45. The van der Waals surface area contributed by atoms with Crippen molar-refractivity contribution in [1.29, 1.82) is 0 Å². The molecule has 0 atom stereocenters. The highest BCUT2D eigenvalue weighted by molar-refractivity contribution is 7.89. The number of sulfonamides is 1. The summed E-state index contributed by atoms with van der Waals surface area (Å²) in [6.07, 6.45) is 2.16. The number of rotatable bonds is 6. The van der Waals surface area contributed by atoms with Crippen LogP contribution in [0.25, 0.3) is 0 Å². The SMILES string of the molecule is CNCc1ccc(S(=O)(=O)NC(C)(C)C2CC2)cc1Cl. The van der Waals surface area contributed by atoms with E-state index in [1.165, 1.54) is 6.07 Å². The van der Waals surface area contributed by atoms with E-state index in [1.807, 2.05) is 20.9 Å². The zero-order valence-corrected chi connectivity index (χ0v) is 13.6. The van der Waals surface area contributed by atoms with Gasteiger partial charge in [-0.3, -0.25) is 0 Å². The Morgan fingerprint density at radius 2 is 2.00 bits per heavy atom. The average Bonchev–Trinajstić information content (AvgIpc) is 3.14. The van der Waals surface area contributed by atoms with Crippen LogP contribution in [-0.2, 0) is 16.6 Å². The maximum Gasteiger partial charge on any atom is 0.241 e. The summed E-state index contributed by atoms with van der Waals surface area (Å²) in [5, 5.41) is 3.46. The fourth-order valence-electron chi connectivity index (χ4n) is 2.32. The highest BCUT2D eigenvalue weighted by atomic mass is 35.5. The third-order valence-corrected chi connectivity index (χ3v) is 5.72. The molecule has 1 fully saturated rings. The van der Waals surface area contributed by atoms with E-state index in [0.717, 1.165) is 18.4 Å². The molecule has 0 aliphatic heterocycles. The Kier molecular flexibility index (Phi) is 4.44. The molecule has 0 radical (unpaired) electrons. The van der Waals surface area contributed by atoms with Crippen molar-refractivity contribution in [2.24, 2.45) is 5.92 Å². The summed E-state index contributed by atoms with van der Waals surface area (Å²) in [7, 11) is -1.71. The third kappa shape index (κ3) is 3.52. The lowest BCUT2D eigenvalue weighted by atomic mass is 10.0. The van der Waals surface area contributed by atoms with Crippen molar-refractivity contribution in [3.05, 3.63) is 28.8 Å². The summed E-state index contributed by atoms with van der Waals surface area (Å²) in [4.78, 5) is 0.219. The summed E-state index contributed by atoms with van der Waals surface area (Å²) >= 11 is 6.13. The summed E-state index contributed by atoms with van der Waals surface area (Å²) < 4.78 is 27.6. The van der Waals surface area contributed by atoms with Crippen LogP contribution in [0.1, 0.15) is 32.3 Å². The number of nitrogens with one attached hydrogen (secondary N) is 2. The zero-order chi connectivity index (χ0) is 15.0.